The van der Waals surface area contributed by atoms with Gasteiger partial charge in [0.05, 0.1) is 12.7 Å². The Hall–Kier alpha value is -1.43. The zero-order valence-corrected chi connectivity index (χ0v) is 10.8. The molecule has 0 atom stereocenters. The molecule has 0 aromatic carbocycles. The molecule has 0 unspecified atom stereocenters. The van der Waals surface area contributed by atoms with E-state index >= 15 is 0 Å². The summed E-state index contributed by atoms with van der Waals surface area (Å²) in [5.74, 6) is 0.0991. The molecule has 1 amide bonds. The molecule has 0 spiro atoms. The first-order valence-corrected chi connectivity index (χ1v) is 5.73. The molecule has 0 saturated heterocycles. The molecule has 0 saturated carbocycles. The van der Waals surface area contributed by atoms with Gasteiger partial charge in [-0.3, -0.25) is 9.48 Å². The van der Waals surface area contributed by atoms with Crippen molar-refractivity contribution >= 4 is 5.91 Å². The zero-order valence-electron chi connectivity index (χ0n) is 10.8. The Morgan fingerprint density at radius 1 is 1.53 bits per heavy atom. The standard InChI is InChI=1S/C11H21N5O/c1-11(2,8-12)9-15(3)10(17)4-6-16-7-5-13-14-16/h5,7H,4,6,8-9,12H2,1-3H3. The van der Waals surface area contributed by atoms with Gasteiger partial charge in [-0.25, -0.2) is 0 Å². The zero-order chi connectivity index (χ0) is 12.9. The summed E-state index contributed by atoms with van der Waals surface area (Å²) in [6.45, 7) is 5.89. The number of amides is 1. The minimum absolute atomic E-state index is 0.0440. The second-order valence-electron chi connectivity index (χ2n) is 5.03. The van der Waals surface area contributed by atoms with Gasteiger partial charge in [-0.05, 0) is 12.0 Å². The highest BCUT2D eigenvalue weighted by Gasteiger charge is 2.20. The molecular formula is C11H21N5O. The van der Waals surface area contributed by atoms with E-state index in [0.717, 1.165) is 0 Å². The topological polar surface area (TPSA) is 77.0 Å². The van der Waals surface area contributed by atoms with Gasteiger partial charge in [0.15, 0.2) is 0 Å². The SMILES string of the molecule is CN(CC(C)(C)CN)C(=O)CCn1ccnn1. The van der Waals surface area contributed by atoms with E-state index in [9.17, 15) is 4.79 Å². The second kappa shape index (κ2) is 5.77. The average Bonchev–Trinajstić information content (AvgIpc) is 2.78. The van der Waals surface area contributed by atoms with Crippen molar-refractivity contribution in [3.63, 3.8) is 0 Å². The van der Waals surface area contributed by atoms with Gasteiger partial charge in [-0.1, -0.05) is 19.1 Å². The van der Waals surface area contributed by atoms with Crippen molar-refractivity contribution in [1.29, 1.82) is 0 Å². The highest BCUT2D eigenvalue weighted by molar-refractivity contribution is 5.75. The Bertz CT molecular complexity index is 347. The van der Waals surface area contributed by atoms with E-state index in [0.29, 0.717) is 26.1 Å². The van der Waals surface area contributed by atoms with E-state index < -0.39 is 0 Å². The summed E-state index contributed by atoms with van der Waals surface area (Å²) in [4.78, 5) is 13.6. The fourth-order valence-corrected chi connectivity index (χ4v) is 1.55. The van der Waals surface area contributed by atoms with Crippen molar-refractivity contribution in [3.8, 4) is 0 Å². The van der Waals surface area contributed by atoms with Gasteiger partial charge in [-0.15, -0.1) is 5.10 Å². The molecule has 96 valence electrons. The third-order valence-electron chi connectivity index (χ3n) is 2.67. The predicted octanol–water partition coefficient (Wildman–Crippen LogP) is 0.112. The van der Waals surface area contributed by atoms with Crippen LogP contribution in [-0.2, 0) is 11.3 Å². The summed E-state index contributed by atoms with van der Waals surface area (Å²) < 4.78 is 1.65. The van der Waals surface area contributed by atoms with Gasteiger partial charge >= 0.3 is 0 Å². The molecule has 1 rings (SSSR count). The van der Waals surface area contributed by atoms with Crippen LogP contribution in [0.15, 0.2) is 12.4 Å². The molecule has 0 aliphatic heterocycles. The molecule has 2 N–H and O–H groups in total. The fourth-order valence-electron chi connectivity index (χ4n) is 1.55. The highest BCUT2D eigenvalue weighted by Crippen LogP contribution is 2.14. The van der Waals surface area contributed by atoms with Crippen LogP contribution in [0.25, 0.3) is 0 Å². The van der Waals surface area contributed by atoms with Gasteiger partial charge in [0.2, 0.25) is 5.91 Å². The number of aromatic nitrogens is 3. The summed E-state index contributed by atoms with van der Waals surface area (Å²) >= 11 is 0. The minimum atomic E-state index is -0.0440. The number of carbonyl (C=O) groups is 1. The van der Waals surface area contributed by atoms with Gasteiger partial charge in [0.1, 0.15) is 0 Å². The Labute approximate surface area is 102 Å². The minimum Gasteiger partial charge on any atom is -0.345 e. The van der Waals surface area contributed by atoms with Crippen LogP contribution in [-0.4, -0.2) is 45.9 Å². The lowest BCUT2D eigenvalue weighted by Gasteiger charge is -2.29. The Kier molecular flexibility index (Phi) is 4.62. The first-order valence-electron chi connectivity index (χ1n) is 5.73. The van der Waals surface area contributed by atoms with E-state index in [4.69, 9.17) is 5.73 Å². The van der Waals surface area contributed by atoms with Crippen molar-refractivity contribution in [2.24, 2.45) is 11.1 Å². The van der Waals surface area contributed by atoms with Gasteiger partial charge < -0.3 is 10.6 Å². The van der Waals surface area contributed by atoms with E-state index in [1.807, 2.05) is 13.8 Å². The molecule has 6 nitrogen and oxygen atoms in total. The van der Waals surface area contributed by atoms with Crippen molar-refractivity contribution in [3.05, 3.63) is 12.4 Å². The molecule has 0 fully saturated rings. The fraction of sp³-hybridized carbons (Fsp3) is 0.727. The van der Waals surface area contributed by atoms with Gasteiger partial charge in [0, 0.05) is 26.2 Å². The van der Waals surface area contributed by atoms with Crippen LogP contribution in [0.3, 0.4) is 0 Å². The summed E-state index contributed by atoms with van der Waals surface area (Å²) in [7, 11) is 1.81. The molecule has 1 aromatic rings. The second-order valence-corrected chi connectivity index (χ2v) is 5.03. The lowest BCUT2D eigenvalue weighted by molar-refractivity contribution is -0.131. The van der Waals surface area contributed by atoms with E-state index in [1.165, 1.54) is 0 Å². The number of hydrogen-bond acceptors (Lipinski definition) is 4. The van der Waals surface area contributed by atoms with Crippen molar-refractivity contribution in [2.45, 2.75) is 26.8 Å². The molecule has 6 heteroatoms. The van der Waals surface area contributed by atoms with Crippen LogP contribution in [0.4, 0.5) is 0 Å². The summed E-state index contributed by atoms with van der Waals surface area (Å²) in [5.41, 5.74) is 5.60. The maximum atomic E-state index is 11.9. The maximum absolute atomic E-state index is 11.9. The van der Waals surface area contributed by atoms with Crippen LogP contribution >= 0.6 is 0 Å². The van der Waals surface area contributed by atoms with Crippen LogP contribution in [0, 0.1) is 5.41 Å². The number of nitrogens with two attached hydrogens (primary N) is 1. The Morgan fingerprint density at radius 3 is 2.76 bits per heavy atom. The van der Waals surface area contributed by atoms with Crippen LogP contribution in [0.1, 0.15) is 20.3 Å². The molecule has 1 heterocycles. The largest absolute Gasteiger partial charge is 0.345 e. The van der Waals surface area contributed by atoms with E-state index in [1.54, 1.807) is 29.0 Å². The first-order chi connectivity index (χ1) is 7.94. The van der Waals surface area contributed by atoms with Crippen molar-refractivity contribution in [2.75, 3.05) is 20.1 Å². The Morgan fingerprint density at radius 2 is 2.24 bits per heavy atom. The first kappa shape index (κ1) is 13.6. The average molecular weight is 239 g/mol. The summed E-state index contributed by atoms with van der Waals surface area (Å²) in [6, 6.07) is 0. The lowest BCUT2D eigenvalue weighted by Crippen LogP contribution is -2.40. The molecule has 0 aliphatic rings. The summed E-state index contributed by atoms with van der Waals surface area (Å²) in [6.07, 6.45) is 3.78. The normalized spacial score (nSPS) is 11.5. The number of nitrogens with zero attached hydrogens (tertiary/aromatic N) is 4. The molecular weight excluding hydrogens is 218 g/mol. The van der Waals surface area contributed by atoms with E-state index in [2.05, 4.69) is 10.3 Å². The number of aryl methyl sites for hydroxylation is 1. The third-order valence-corrected chi connectivity index (χ3v) is 2.67. The number of hydrogen-bond donors (Lipinski definition) is 1. The van der Waals surface area contributed by atoms with Gasteiger partial charge in [-0.2, -0.15) is 0 Å². The number of carbonyl (C=O) groups excluding carboxylic acids is 1. The van der Waals surface area contributed by atoms with Crippen LogP contribution in [0.2, 0.25) is 0 Å². The highest BCUT2D eigenvalue weighted by atomic mass is 16.2. The molecule has 17 heavy (non-hydrogen) atoms. The molecule has 0 bridgehead atoms. The molecule has 0 radical (unpaired) electrons. The lowest BCUT2D eigenvalue weighted by atomic mass is 9.93. The van der Waals surface area contributed by atoms with Crippen molar-refractivity contribution < 1.29 is 4.79 Å². The number of rotatable bonds is 6. The molecule has 0 aliphatic carbocycles. The van der Waals surface area contributed by atoms with Crippen LogP contribution < -0.4 is 5.73 Å². The van der Waals surface area contributed by atoms with Crippen LogP contribution in [0.5, 0.6) is 0 Å². The predicted molar refractivity (Wildman–Crippen MR) is 65.1 cm³/mol. The van der Waals surface area contributed by atoms with Gasteiger partial charge in [0.25, 0.3) is 0 Å². The smallest absolute Gasteiger partial charge is 0.224 e. The summed E-state index contributed by atoms with van der Waals surface area (Å²) in [5, 5.41) is 7.50. The molecule has 1 aromatic heterocycles. The van der Waals surface area contributed by atoms with Crippen molar-refractivity contribution in [1.82, 2.24) is 19.9 Å². The third kappa shape index (κ3) is 4.52. The quantitative estimate of drug-likeness (QED) is 0.764. The maximum Gasteiger partial charge on any atom is 0.224 e. The monoisotopic (exact) mass is 239 g/mol. The Balaban J connectivity index is 2.37. The van der Waals surface area contributed by atoms with E-state index in [-0.39, 0.29) is 11.3 Å².